The summed E-state index contributed by atoms with van der Waals surface area (Å²) in [4.78, 5) is 11.7. The Morgan fingerprint density at radius 2 is 2.00 bits per heavy atom. The maximum atomic E-state index is 11.7. The highest BCUT2D eigenvalue weighted by molar-refractivity contribution is 9.10. The molecule has 0 saturated carbocycles. The summed E-state index contributed by atoms with van der Waals surface area (Å²) in [6.07, 6.45) is 1.57. The molecule has 0 fully saturated rings. The van der Waals surface area contributed by atoms with Crippen LogP contribution in [0.3, 0.4) is 0 Å². The van der Waals surface area contributed by atoms with E-state index in [1.54, 1.807) is 25.5 Å². The lowest BCUT2D eigenvalue weighted by Crippen LogP contribution is -2.24. The molecular formula is C16H15BrN2O3. The van der Waals surface area contributed by atoms with Gasteiger partial charge in [0, 0.05) is 4.47 Å². The molecule has 0 heterocycles. The topological polar surface area (TPSA) is 59.9 Å². The first-order valence-electron chi connectivity index (χ1n) is 6.52. The zero-order valence-corrected chi connectivity index (χ0v) is 13.5. The third-order valence-electron chi connectivity index (χ3n) is 2.69. The number of hydrogen-bond acceptors (Lipinski definition) is 4. The lowest BCUT2D eigenvalue weighted by Gasteiger charge is -2.10. The number of nitrogens with one attached hydrogen (secondary N) is 1. The minimum atomic E-state index is -0.350. The molecular weight excluding hydrogens is 348 g/mol. The van der Waals surface area contributed by atoms with Crippen LogP contribution < -0.4 is 14.9 Å². The van der Waals surface area contributed by atoms with E-state index in [4.69, 9.17) is 9.47 Å². The van der Waals surface area contributed by atoms with Gasteiger partial charge in [0.2, 0.25) is 0 Å². The SMILES string of the molecule is COc1cc(Br)ccc1OCC(=O)N/N=C\c1ccccc1. The van der Waals surface area contributed by atoms with Crippen molar-refractivity contribution in [1.82, 2.24) is 5.43 Å². The second-order valence-electron chi connectivity index (χ2n) is 4.29. The third-order valence-corrected chi connectivity index (χ3v) is 3.18. The van der Waals surface area contributed by atoms with Crippen LogP contribution in [0.25, 0.3) is 0 Å². The summed E-state index contributed by atoms with van der Waals surface area (Å²) in [6, 6.07) is 14.8. The fraction of sp³-hybridized carbons (Fsp3) is 0.125. The lowest BCUT2D eigenvalue weighted by molar-refractivity contribution is -0.123. The van der Waals surface area contributed by atoms with Crippen LogP contribution in [-0.4, -0.2) is 25.8 Å². The molecule has 114 valence electrons. The molecule has 0 saturated heterocycles. The highest BCUT2D eigenvalue weighted by Gasteiger charge is 2.07. The fourth-order valence-corrected chi connectivity index (χ4v) is 1.99. The number of ether oxygens (including phenoxy) is 2. The first kappa shape index (κ1) is 16.0. The molecule has 0 aliphatic heterocycles. The quantitative estimate of drug-likeness (QED) is 0.634. The molecule has 0 spiro atoms. The largest absolute Gasteiger partial charge is 0.493 e. The van der Waals surface area contributed by atoms with E-state index in [-0.39, 0.29) is 12.5 Å². The average molecular weight is 363 g/mol. The van der Waals surface area contributed by atoms with Gasteiger partial charge < -0.3 is 9.47 Å². The smallest absolute Gasteiger partial charge is 0.277 e. The zero-order chi connectivity index (χ0) is 15.8. The summed E-state index contributed by atoms with van der Waals surface area (Å²) in [5.74, 6) is 0.694. The van der Waals surface area contributed by atoms with Gasteiger partial charge in [-0.3, -0.25) is 4.79 Å². The molecule has 5 nitrogen and oxygen atoms in total. The number of methoxy groups -OCH3 is 1. The van der Waals surface area contributed by atoms with Gasteiger partial charge in [-0.1, -0.05) is 46.3 Å². The number of halogens is 1. The van der Waals surface area contributed by atoms with Gasteiger partial charge in [0.05, 0.1) is 13.3 Å². The van der Waals surface area contributed by atoms with Gasteiger partial charge >= 0.3 is 0 Å². The van der Waals surface area contributed by atoms with E-state index >= 15 is 0 Å². The third kappa shape index (κ3) is 4.89. The van der Waals surface area contributed by atoms with Crippen LogP contribution in [0.4, 0.5) is 0 Å². The van der Waals surface area contributed by atoms with Gasteiger partial charge in [-0.25, -0.2) is 5.43 Å². The molecule has 0 radical (unpaired) electrons. The van der Waals surface area contributed by atoms with Crippen molar-refractivity contribution in [3.05, 3.63) is 58.6 Å². The number of benzene rings is 2. The summed E-state index contributed by atoms with van der Waals surface area (Å²) in [5.41, 5.74) is 3.31. The first-order chi connectivity index (χ1) is 10.7. The van der Waals surface area contributed by atoms with E-state index < -0.39 is 0 Å². The fourth-order valence-electron chi connectivity index (χ4n) is 1.65. The molecule has 2 aromatic carbocycles. The van der Waals surface area contributed by atoms with Crippen LogP contribution in [0.5, 0.6) is 11.5 Å². The van der Waals surface area contributed by atoms with Crippen molar-refractivity contribution in [2.75, 3.05) is 13.7 Å². The Morgan fingerprint density at radius 1 is 1.23 bits per heavy atom. The predicted molar refractivity (Wildman–Crippen MR) is 88.4 cm³/mol. The Hall–Kier alpha value is -2.34. The molecule has 0 atom stereocenters. The zero-order valence-electron chi connectivity index (χ0n) is 12.0. The number of rotatable bonds is 6. The van der Waals surface area contributed by atoms with Crippen LogP contribution >= 0.6 is 15.9 Å². The number of carbonyl (C=O) groups excluding carboxylic acids is 1. The highest BCUT2D eigenvalue weighted by Crippen LogP contribution is 2.29. The van der Waals surface area contributed by atoms with E-state index in [1.807, 2.05) is 36.4 Å². The van der Waals surface area contributed by atoms with Crippen molar-refractivity contribution in [2.45, 2.75) is 0 Å². The van der Waals surface area contributed by atoms with Gasteiger partial charge in [-0.15, -0.1) is 0 Å². The minimum Gasteiger partial charge on any atom is -0.493 e. The van der Waals surface area contributed by atoms with Crippen molar-refractivity contribution in [1.29, 1.82) is 0 Å². The van der Waals surface area contributed by atoms with E-state index in [0.29, 0.717) is 11.5 Å². The maximum Gasteiger partial charge on any atom is 0.277 e. The first-order valence-corrected chi connectivity index (χ1v) is 7.31. The molecule has 0 bridgehead atoms. The molecule has 0 aromatic heterocycles. The van der Waals surface area contributed by atoms with E-state index in [9.17, 15) is 4.79 Å². The average Bonchev–Trinajstić information content (AvgIpc) is 2.54. The van der Waals surface area contributed by atoms with Crippen molar-refractivity contribution in [2.24, 2.45) is 5.10 Å². The van der Waals surface area contributed by atoms with Crippen LogP contribution in [0.1, 0.15) is 5.56 Å². The van der Waals surface area contributed by atoms with Gasteiger partial charge in [-0.05, 0) is 23.8 Å². The number of hydrazone groups is 1. The van der Waals surface area contributed by atoms with Crippen molar-refractivity contribution in [3.63, 3.8) is 0 Å². The monoisotopic (exact) mass is 362 g/mol. The molecule has 0 aliphatic carbocycles. The summed E-state index contributed by atoms with van der Waals surface area (Å²) in [7, 11) is 1.54. The lowest BCUT2D eigenvalue weighted by atomic mass is 10.2. The Bertz CT molecular complexity index is 660. The second kappa shape index (κ2) is 8.19. The molecule has 2 rings (SSSR count). The minimum absolute atomic E-state index is 0.149. The molecule has 1 N–H and O–H groups in total. The molecule has 2 aromatic rings. The van der Waals surface area contributed by atoms with E-state index in [2.05, 4.69) is 26.5 Å². The van der Waals surface area contributed by atoms with E-state index in [0.717, 1.165) is 10.0 Å². The molecule has 22 heavy (non-hydrogen) atoms. The molecule has 0 aliphatic rings. The van der Waals surface area contributed by atoms with Crippen LogP contribution in [0, 0.1) is 0 Å². The highest BCUT2D eigenvalue weighted by atomic mass is 79.9. The summed E-state index contributed by atoms with van der Waals surface area (Å²) < 4.78 is 11.5. The molecule has 0 unspecified atom stereocenters. The van der Waals surface area contributed by atoms with Crippen molar-refractivity contribution < 1.29 is 14.3 Å². The van der Waals surface area contributed by atoms with Gasteiger partial charge in [0.15, 0.2) is 18.1 Å². The van der Waals surface area contributed by atoms with E-state index in [1.165, 1.54) is 0 Å². The van der Waals surface area contributed by atoms with Crippen molar-refractivity contribution in [3.8, 4) is 11.5 Å². The Labute approximate surface area is 137 Å². The van der Waals surface area contributed by atoms with Crippen LogP contribution in [-0.2, 0) is 4.79 Å². The number of nitrogens with zero attached hydrogens (tertiary/aromatic N) is 1. The Kier molecular flexibility index (Phi) is 5.97. The maximum absolute atomic E-state index is 11.7. The van der Waals surface area contributed by atoms with Crippen LogP contribution in [0.15, 0.2) is 58.1 Å². The summed E-state index contributed by atoms with van der Waals surface area (Å²) in [5, 5.41) is 3.87. The Balaban J connectivity index is 1.84. The van der Waals surface area contributed by atoms with Crippen LogP contribution in [0.2, 0.25) is 0 Å². The summed E-state index contributed by atoms with van der Waals surface area (Å²) >= 11 is 3.34. The van der Waals surface area contributed by atoms with Gasteiger partial charge in [0.1, 0.15) is 0 Å². The Morgan fingerprint density at radius 3 is 2.73 bits per heavy atom. The standard InChI is InChI=1S/C16H15BrN2O3/c1-21-15-9-13(17)7-8-14(15)22-11-16(20)19-18-10-12-5-3-2-4-6-12/h2-10H,11H2,1H3,(H,19,20)/b18-10-. The second-order valence-corrected chi connectivity index (χ2v) is 5.20. The van der Waals surface area contributed by atoms with Crippen molar-refractivity contribution >= 4 is 28.1 Å². The number of hydrogen-bond donors (Lipinski definition) is 1. The number of carbonyl (C=O) groups is 1. The normalized spacial score (nSPS) is 10.5. The molecule has 6 heteroatoms. The molecule has 1 amide bonds. The predicted octanol–water partition coefficient (Wildman–Crippen LogP) is 2.99. The summed E-state index contributed by atoms with van der Waals surface area (Å²) in [6.45, 7) is -0.149. The van der Waals surface area contributed by atoms with Gasteiger partial charge in [0.25, 0.3) is 5.91 Å². The van der Waals surface area contributed by atoms with Gasteiger partial charge in [-0.2, -0.15) is 5.10 Å². The number of amides is 1.